The second-order valence-electron chi connectivity index (χ2n) is 10.6. The second kappa shape index (κ2) is 11.5. The quantitative estimate of drug-likeness (QED) is 0.302. The van der Waals surface area contributed by atoms with Crippen LogP contribution in [0.2, 0.25) is 5.02 Å². The number of nitrogens with zero attached hydrogens (tertiary/aromatic N) is 6. The predicted molar refractivity (Wildman–Crippen MR) is 154 cm³/mol. The molecule has 2 N–H and O–H groups in total. The van der Waals surface area contributed by atoms with Gasteiger partial charge in [0.05, 0.1) is 17.3 Å². The largest absolute Gasteiger partial charge is 0.492 e. The number of ether oxygens (including phenoxy) is 1. The molecule has 6 rings (SSSR count). The third kappa shape index (κ3) is 6.00. The van der Waals surface area contributed by atoms with E-state index in [2.05, 4.69) is 55.0 Å². The van der Waals surface area contributed by atoms with E-state index >= 15 is 0 Å². The SMILES string of the molecule is Cc1ccnc(Cn2c(-c3ccc(OCCN4CCNCC4)cc3Cl)nc3c(NC(C)C4CC4)ncnc32)c1. The minimum absolute atomic E-state index is 0.330. The molecule has 1 unspecified atom stereocenters. The Bertz CT molecular complexity index is 1450. The highest BCUT2D eigenvalue weighted by Crippen LogP contribution is 2.36. The first kappa shape index (κ1) is 26.0. The zero-order chi connectivity index (χ0) is 26.8. The smallest absolute Gasteiger partial charge is 0.166 e. The van der Waals surface area contributed by atoms with Crippen molar-refractivity contribution in [3.8, 4) is 17.1 Å². The molecule has 1 atom stereocenters. The number of halogens is 1. The number of aryl methyl sites for hydroxylation is 1. The molecule has 0 spiro atoms. The molecule has 2 fully saturated rings. The number of pyridine rings is 1. The van der Waals surface area contributed by atoms with Gasteiger partial charge in [0.15, 0.2) is 17.0 Å². The first-order chi connectivity index (χ1) is 19.0. The summed E-state index contributed by atoms with van der Waals surface area (Å²) in [7, 11) is 0. The molecule has 0 bridgehead atoms. The van der Waals surface area contributed by atoms with Crippen LogP contribution in [0.4, 0.5) is 5.82 Å². The van der Waals surface area contributed by atoms with Crippen molar-refractivity contribution in [3.63, 3.8) is 0 Å². The Labute approximate surface area is 234 Å². The van der Waals surface area contributed by atoms with Crippen molar-refractivity contribution >= 4 is 28.6 Å². The average Bonchev–Trinajstić information content (AvgIpc) is 3.73. The maximum absolute atomic E-state index is 6.87. The van der Waals surface area contributed by atoms with Gasteiger partial charge in [-0.05, 0) is 68.5 Å². The molecule has 2 aliphatic rings. The van der Waals surface area contributed by atoms with E-state index < -0.39 is 0 Å². The standard InChI is InChI=1S/C29H35ClN8O/c1-19-7-8-32-22(15-19)17-38-28(36-26-27(33-18-34-29(26)38)35-20(2)21-3-4-21)24-6-5-23(16-25(24)30)39-14-13-37-11-9-31-10-12-37/h5-8,15-16,18,20-21,31H,3-4,9-14,17H2,1-2H3,(H,33,34,35). The number of imidazole rings is 1. The lowest BCUT2D eigenvalue weighted by molar-refractivity contribution is 0.191. The monoisotopic (exact) mass is 546 g/mol. The van der Waals surface area contributed by atoms with E-state index in [9.17, 15) is 0 Å². The van der Waals surface area contributed by atoms with Crippen molar-refractivity contribution in [3.05, 3.63) is 59.1 Å². The van der Waals surface area contributed by atoms with Gasteiger partial charge >= 0.3 is 0 Å². The summed E-state index contributed by atoms with van der Waals surface area (Å²) in [4.78, 5) is 21.3. The molecule has 4 heterocycles. The Hall–Kier alpha value is -3.27. The zero-order valence-corrected chi connectivity index (χ0v) is 23.3. The van der Waals surface area contributed by atoms with Gasteiger partial charge in [0.1, 0.15) is 24.5 Å². The molecular weight excluding hydrogens is 512 g/mol. The van der Waals surface area contributed by atoms with Crippen LogP contribution >= 0.6 is 11.6 Å². The number of hydrogen-bond donors (Lipinski definition) is 2. The van der Waals surface area contributed by atoms with Gasteiger partial charge in [-0.15, -0.1) is 0 Å². The molecule has 0 amide bonds. The average molecular weight is 547 g/mol. The fraction of sp³-hybridized carbons (Fsp3) is 0.448. The number of hydrogen-bond acceptors (Lipinski definition) is 8. The molecule has 1 saturated carbocycles. The summed E-state index contributed by atoms with van der Waals surface area (Å²) < 4.78 is 8.13. The van der Waals surface area contributed by atoms with E-state index in [-0.39, 0.29) is 0 Å². The maximum Gasteiger partial charge on any atom is 0.166 e. The molecule has 3 aromatic heterocycles. The summed E-state index contributed by atoms with van der Waals surface area (Å²) in [5.74, 6) is 2.91. The molecular formula is C29H35ClN8O. The van der Waals surface area contributed by atoms with Crippen LogP contribution in [0.1, 0.15) is 31.0 Å². The van der Waals surface area contributed by atoms with Gasteiger partial charge in [0.25, 0.3) is 0 Å². The van der Waals surface area contributed by atoms with E-state index in [1.54, 1.807) is 6.33 Å². The third-order valence-corrected chi connectivity index (χ3v) is 7.90. The fourth-order valence-electron chi connectivity index (χ4n) is 5.17. The second-order valence-corrected chi connectivity index (χ2v) is 11.0. The van der Waals surface area contributed by atoms with Crippen molar-refractivity contribution < 1.29 is 4.74 Å². The Balaban J connectivity index is 1.31. The predicted octanol–water partition coefficient (Wildman–Crippen LogP) is 4.39. The number of fused-ring (bicyclic) bond motifs is 1. The summed E-state index contributed by atoms with van der Waals surface area (Å²) in [5.41, 5.74) is 4.39. The van der Waals surface area contributed by atoms with Crippen LogP contribution in [0.5, 0.6) is 5.75 Å². The number of piperazine rings is 1. The summed E-state index contributed by atoms with van der Waals surface area (Å²) in [6, 6.07) is 10.2. The number of aromatic nitrogens is 5. The summed E-state index contributed by atoms with van der Waals surface area (Å²) in [5, 5.41) is 7.54. The molecule has 0 radical (unpaired) electrons. The van der Waals surface area contributed by atoms with Crippen LogP contribution in [0, 0.1) is 12.8 Å². The summed E-state index contributed by atoms with van der Waals surface area (Å²) in [6.45, 7) is 10.5. The number of anilines is 1. The van der Waals surface area contributed by atoms with E-state index in [1.165, 1.54) is 12.8 Å². The first-order valence-electron chi connectivity index (χ1n) is 13.8. The third-order valence-electron chi connectivity index (χ3n) is 7.59. The number of rotatable bonds is 10. The zero-order valence-electron chi connectivity index (χ0n) is 22.5. The minimum Gasteiger partial charge on any atom is -0.492 e. The Kier molecular flexibility index (Phi) is 7.63. The molecule has 1 aliphatic carbocycles. The van der Waals surface area contributed by atoms with E-state index in [0.29, 0.717) is 30.1 Å². The molecule has 1 aliphatic heterocycles. The van der Waals surface area contributed by atoms with Crippen molar-refractivity contribution in [1.82, 2.24) is 34.7 Å². The maximum atomic E-state index is 6.87. The van der Waals surface area contributed by atoms with Crippen molar-refractivity contribution in [2.24, 2.45) is 5.92 Å². The number of nitrogens with one attached hydrogen (secondary N) is 2. The minimum atomic E-state index is 0.330. The molecule has 1 aromatic carbocycles. The topological polar surface area (TPSA) is 93.0 Å². The van der Waals surface area contributed by atoms with Gasteiger partial charge in [-0.1, -0.05) is 11.6 Å². The highest BCUT2D eigenvalue weighted by molar-refractivity contribution is 6.33. The fourth-order valence-corrected chi connectivity index (χ4v) is 5.42. The van der Waals surface area contributed by atoms with Crippen LogP contribution < -0.4 is 15.4 Å². The van der Waals surface area contributed by atoms with Gasteiger partial charge in [-0.3, -0.25) is 9.88 Å². The van der Waals surface area contributed by atoms with Crippen LogP contribution in [-0.4, -0.2) is 74.8 Å². The lowest BCUT2D eigenvalue weighted by Gasteiger charge is -2.26. The van der Waals surface area contributed by atoms with Crippen molar-refractivity contribution in [1.29, 1.82) is 0 Å². The van der Waals surface area contributed by atoms with Crippen LogP contribution in [0.25, 0.3) is 22.6 Å². The highest BCUT2D eigenvalue weighted by atomic mass is 35.5. The van der Waals surface area contributed by atoms with Crippen molar-refractivity contribution in [2.75, 3.05) is 44.6 Å². The molecule has 204 valence electrons. The van der Waals surface area contributed by atoms with Gasteiger partial charge in [-0.25, -0.2) is 15.0 Å². The molecule has 4 aromatic rings. The molecule has 1 saturated heterocycles. The Morgan fingerprint density at radius 2 is 1.97 bits per heavy atom. The molecule has 39 heavy (non-hydrogen) atoms. The normalized spacial score (nSPS) is 16.9. The lowest BCUT2D eigenvalue weighted by atomic mass is 10.2. The van der Waals surface area contributed by atoms with Crippen molar-refractivity contribution in [2.45, 2.75) is 39.3 Å². The Morgan fingerprint density at radius 1 is 1.13 bits per heavy atom. The lowest BCUT2D eigenvalue weighted by Crippen LogP contribution is -2.44. The van der Waals surface area contributed by atoms with Crippen LogP contribution in [-0.2, 0) is 6.54 Å². The van der Waals surface area contributed by atoms with Gasteiger partial charge in [-0.2, -0.15) is 0 Å². The van der Waals surface area contributed by atoms with E-state index in [0.717, 1.165) is 78.1 Å². The van der Waals surface area contributed by atoms with Gasteiger partial charge in [0, 0.05) is 50.5 Å². The molecule has 10 heteroatoms. The summed E-state index contributed by atoms with van der Waals surface area (Å²) in [6.07, 6.45) is 5.94. The highest BCUT2D eigenvalue weighted by Gasteiger charge is 2.29. The number of benzene rings is 1. The van der Waals surface area contributed by atoms with E-state index in [4.69, 9.17) is 21.3 Å². The van der Waals surface area contributed by atoms with E-state index in [1.807, 2.05) is 30.5 Å². The molecule has 9 nitrogen and oxygen atoms in total. The first-order valence-corrected chi connectivity index (χ1v) is 14.2. The van der Waals surface area contributed by atoms with Gasteiger partial charge < -0.3 is 19.9 Å². The van der Waals surface area contributed by atoms with Crippen LogP contribution in [0.15, 0.2) is 42.9 Å². The van der Waals surface area contributed by atoms with Crippen LogP contribution in [0.3, 0.4) is 0 Å². The van der Waals surface area contributed by atoms with Gasteiger partial charge in [0.2, 0.25) is 0 Å². The Morgan fingerprint density at radius 3 is 2.74 bits per heavy atom. The summed E-state index contributed by atoms with van der Waals surface area (Å²) >= 11 is 6.87.